The van der Waals surface area contributed by atoms with Crippen molar-refractivity contribution in [3.8, 4) is 0 Å². The molecule has 102 valence electrons. The van der Waals surface area contributed by atoms with Gasteiger partial charge in [0.15, 0.2) is 0 Å². The van der Waals surface area contributed by atoms with Crippen LogP contribution in [0.4, 0.5) is 4.79 Å². The average molecular weight is 254 g/mol. The summed E-state index contributed by atoms with van der Waals surface area (Å²) >= 11 is 0. The second-order valence-electron chi connectivity index (χ2n) is 6.07. The maximum absolute atomic E-state index is 11.8. The lowest BCUT2D eigenvalue weighted by molar-refractivity contribution is -0.145. The van der Waals surface area contributed by atoms with E-state index in [1.807, 2.05) is 0 Å². The van der Waals surface area contributed by atoms with E-state index in [2.05, 4.69) is 17.6 Å². The fourth-order valence-corrected chi connectivity index (χ4v) is 2.49. The van der Waals surface area contributed by atoms with Crippen LogP contribution >= 0.6 is 0 Å². The van der Waals surface area contributed by atoms with Crippen molar-refractivity contribution >= 4 is 12.0 Å². The summed E-state index contributed by atoms with van der Waals surface area (Å²) in [6.45, 7) is 2.76. The number of hydrogen-bond acceptors (Lipinski definition) is 2. The number of carboxylic acid groups (broad SMARTS) is 1. The van der Waals surface area contributed by atoms with E-state index in [9.17, 15) is 14.7 Å². The van der Waals surface area contributed by atoms with Crippen LogP contribution in [-0.2, 0) is 4.79 Å². The highest BCUT2D eigenvalue weighted by Gasteiger charge is 2.42. The van der Waals surface area contributed by atoms with Gasteiger partial charge in [-0.25, -0.2) is 9.59 Å². The van der Waals surface area contributed by atoms with Crippen molar-refractivity contribution in [3.63, 3.8) is 0 Å². The molecule has 0 aromatic heterocycles. The van der Waals surface area contributed by atoms with Gasteiger partial charge >= 0.3 is 12.0 Å². The summed E-state index contributed by atoms with van der Waals surface area (Å²) in [5.74, 6) is -0.907. The van der Waals surface area contributed by atoms with E-state index in [0.29, 0.717) is 19.4 Å². The van der Waals surface area contributed by atoms with E-state index < -0.39 is 11.5 Å². The van der Waals surface area contributed by atoms with E-state index in [1.165, 1.54) is 0 Å². The van der Waals surface area contributed by atoms with E-state index in [0.717, 1.165) is 32.1 Å². The molecule has 5 nitrogen and oxygen atoms in total. The second kappa shape index (κ2) is 4.78. The Labute approximate surface area is 107 Å². The van der Waals surface area contributed by atoms with Gasteiger partial charge in [0, 0.05) is 6.54 Å². The zero-order valence-corrected chi connectivity index (χ0v) is 10.9. The predicted octanol–water partition coefficient (Wildman–Crippen LogP) is 1.87. The van der Waals surface area contributed by atoms with Gasteiger partial charge in [-0.1, -0.05) is 26.2 Å². The molecule has 0 atom stereocenters. The van der Waals surface area contributed by atoms with E-state index in [4.69, 9.17) is 0 Å². The summed E-state index contributed by atoms with van der Waals surface area (Å²) in [6, 6.07) is -0.340. The summed E-state index contributed by atoms with van der Waals surface area (Å²) < 4.78 is 0. The molecule has 0 aliphatic heterocycles. The van der Waals surface area contributed by atoms with Gasteiger partial charge in [0.25, 0.3) is 0 Å². The number of rotatable bonds is 4. The molecule has 0 radical (unpaired) electrons. The lowest BCUT2D eigenvalue weighted by atomic mass is 9.82. The second-order valence-corrected chi connectivity index (χ2v) is 6.07. The van der Waals surface area contributed by atoms with Gasteiger partial charge in [0.1, 0.15) is 5.54 Å². The third-order valence-electron chi connectivity index (χ3n) is 4.25. The smallest absolute Gasteiger partial charge is 0.329 e. The third-order valence-corrected chi connectivity index (χ3v) is 4.25. The van der Waals surface area contributed by atoms with Crippen LogP contribution in [-0.4, -0.2) is 29.2 Å². The van der Waals surface area contributed by atoms with Gasteiger partial charge in [-0.3, -0.25) is 0 Å². The van der Waals surface area contributed by atoms with Crippen LogP contribution in [0.15, 0.2) is 0 Å². The number of carbonyl (C=O) groups is 2. The Morgan fingerprint density at radius 2 is 1.72 bits per heavy atom. The minimum absolute atomic E-state index is 0.236. The van der Waals surface area contributed by atoms with Gasteiger partial charge in [-0.2, -0.15) is 0 Å². The molecule has 0 bridgehead atoms. The van der Waals surface area contributed by atoms with Crippen molar-refractivity contribution in [2.75, 3.05) is 6.54 Å². The van der Waals surface area contributed by atoms with E-state index in [-0.39, 0.29) is 11.4 Å². The fraction of sp³-hybridized carbons (Fsp3) is 0.846. The third kappa shape index (κ3) is 2.94. The van der Waals surface area contributed by atoms with Crippen LogP contribution in [0.3, 0.4) is 0 Å². The number of urea groups is 1. The molecule has 2 rings (SSSR count). The molecule has 18 heavy (non-hydrogen) atoms. The van der Waals surface area contributed by atoms with Crippen LogP contribution in [0.1, 0.15) is 51.9 Å². The molecule has 0 spiro atoms. The van der Waals surface area contributed by atoms with Crippen LogP contribution in [0, 0.1) is 5.41 Å². The molecule has 0 heterocycles. The minimum Gasteiger partial charge on any atom is -0.480 e. The quantitative estimate of drug-likeness (QED) is 0.716. The molecule has 3 N–H and O–H groups in total. The van der Waals surface area contributed by atoms with Gasteiger partial charge in [-0.15, -0.1) is 0 Å². The topological polar surface area (TPSA) is 78.4 Å². The lowest BCUT2D eigenvalue weighted by Crippen LogP contribution is -2.58. The first-order valence-electron chi connectivity index (χ1n) is 6.75. The molecule has 2 fully saturated rings. The van der Waals surface area contributed by atoms with Crippen molar-refractivity contribution in [1.29, 1.82) is 0 Å². The number of aliphatic carboxylic acids is 1. The van der Waals surface area contributed by atoms with Crippen LogP contribution in [0.5, 0.6) is 0 Å². The van der Waals surface area contributed by atoms with Crippen molar-refractivity contribution in [2.45, 2.75) is 57.4 Å². The largest absolute Gasteiger partial charge is 0.480 e. The highest BCUT2D eigenvalue weighted by molar-refractivity contribution is 5.86. The van der Waals surface area contributed by atoms with Gasteiger partial charge in [-0.05, 0) is 31.1 Å². The standard InChI is InChI=1S/C13H22N2O3/c1-12(7-8-12)9-14-11(18)15-13(10(16)17)5-3-2-4-6-13/h2-9H2,1H3,(H,16,17)(H2,14,15,18). The zero-order chi connectivity index (χ0) is 13.2. The summed E-state index contributed by atoms with van der Waals surface area (Å²) in [7, 11) is 0. The summed E-state index contributed by atoms with van der Waals surface area (Å²) in [6.07, 6.45) is 6.12. The van der Waals surface area contributed by atoms with Crippen LogP contribution in [0.2, 0.25) is 0 Å². The maximum atomic E-state index is 11.8. The van der Waals surface area contributed by atoms with Gasteiger partial charge in [0.05, 0.1) is 0 Å². The molecule has 2 aliphatic rings. The molecule has 0 unspecified atom stereocenters. The Balaban J connectivity index is 1.87. The first-order valence-corrected chi connectivity index (χ1v) is 6.75. The van der Waals surface area contributed by atoms with Gasteiger partial charge < -0.3 is 15.7 Å². The van der Waals surface area contributed by atoms with Crippen molar-refractivity contribution in [2.24, 2.45) is 5.41 Å². The molecular weight excluding hydrogens is 232 g/mol. The number of carbonyl (C=O) groups excluding carboxylic acids is 1. The SMILES string of the molecule is CC1(CNC(=O)NC2(C(=O)O)CCCCC2)CC1. The molecule has 0 aromatic carbocycles. The fourth-order valence-electron chi connectivity index (χ4n) is 2.49. The Morgan fingerprint density at radius 1 is 1.11 bits per heavy atom. The summed E-state index contributed by atoms with van der Waals surface area (Å²) in [5, 5.41) is 14.8. The highest BCUT2D eigenvalue weighted by atomic mass is 16.4. The van der Waals surface area contributed by atoms with E-state index in [1.54, 1.807) is 0 Å². The van der Waals surface area contributed by atoms with Crippen LogP contribution < -0.4 is 10.6 Å². The highest BCUT2D eigenvalue weighted by Crippen LogP contribution is 2.44. The molecule has 2 aliphatic carbocycles. The van der Waals surface area contributed by atoms with Crippen molar-refractivity contribution in [3.05, 3.63) is 0 Å². The molecule has 0 saturated heterocycles. The zero-order valence-electron chi connectivity index (χ0n) is 10.9. The van der Waals surface area contributed by atoms with Gasteiger partial charge in [0.2, 0.25) is 0 Å². The number of carboxylic acids is 1. The Kier molecular flexibility index (Phi) is 3.50. The predicted molar refractivity (Wildman–Crippen MR) is 67.3 cm³/mol. The molecular formula is C13H22N2O3. The molecule has 2 saturated carbocycles. The summed E-state index contributed by atoms with van der Waals surface area (Å²) in [4.78, 5) is 23.2. The lowest BCUT2D eigenvalue weighted by Gasteiger charge is -2.34. The number of amides is 2. The molecule has 2 amide bonds. The Bertz CT molecular complexity index is 344. The Hall–Kier alpha value is -1.26. The minimum atomic E-state index is -1.05. The first-order chi connectivity index (χ1) is 8.46. The Morgan fingerprint density at radius 3 is 2.22 bits per heavy atom. The molecule has 0 aromatic rings. The monoisotopic (exact) mass is 254 g/mol. The van der Waals surface area contributed by atoms with Crippen molar-refractivity contribution < 1.29 is 14.7 Å². The number of hydrogen-bond donors (Lipinski definition) is 3. The normalized spacial score (nSPS) is 24.1. The maximum Gasteiger partial charge on any atom is 0.329 e. The van der Waals surface area contributed by atoms with Crippen molar-refractivity contribution in [1.82, 2.24) is 10.6 Å². The van der Waals surface area contributed by atoms with Crippen LogP contribution in [0.25, 0.3) is 0 Å². The van der Waals surface area contributed by atoms with E-state index >= 15 is 0 Å². The summed E-state index contributed by atoms with van der Waals surface area (Å²) in [5.41, 5.74) is -0.812. The molecule has 5 heteroatoms. The average Bonchev–Trinajstić information content (AvgIpc) is 3.07. The first kappa shape index (κ1) is 13.2. The number of nitrogens with one attached hydrogen (secondary N) is 2.